The number of ether oxygens (including phenoxy) is 1. The van der Waals surface area contributed by atoms with Crippen LogP contribution < -0.4 is 10.1 Å². The Kier molecular flexibility index (Phi) is 7.88. The second-order valence-corrected chi connectivity index (χ2v) is 11.6. The van der Waals surface area contributed by atoms with Gasteiger partial charge >= 0.3 is 0 Å². The van der Waals surface area contributed by atoms with Gasteiger partial charge < -0.3 is 25.4 Å². The Bertz CT molecular complexity index is 1440. The van der Waals surface area contributed by atoms with Gasteiger partial charge in [-0.2, -0.15) is 0 Å². The van der Waals surface area contributed by atoms with E-state index in [1.807, 2.05) is 42.5 Å². The van der Waals surface area contributed by atoms with Gasteiger partial charge in [-0.1, -0.05) is 54.2 Å². The molecule has 6 unspecified atom stereocenters. The quantitative estimate of drug-likeness (QED) is 0.156. The Morgan fingerprint density at radius 3 is 2.52 bits per heavy atom. The van der Waals surface area contributed by atoms with E-state index < -0.39 is 18.2 Å². The minimum Gasteiger partial charge on any atom is -0.457 e. The molecule has 11 heteroatoms. The third-order valence-electron chi connectivity index (χ3n) is 7.72. The fourth-order valence-corrected chi connectivity index (χ4v) is 6.19. The first-order valence-corrected chi connectivity index (χ1v) is 14.9. The van der Waals surface area contributed by atoms with Crippen LogP contribution in [0.1, 0.15) is 50.1 Å². The van der Waals surface area contributed by atoms with Crippen LogP contribution in [0.5, 0.6) is 11.5 Å². The van der Waals surface area contributed by atoms with E-state index in [1.54, 1.807) is 16.4 Å². The molecule has 0 amide bonds. The average Bonchev–Trinajstić information content (AvgIpc) is 3.52. The molecule has 2 aliphatic rings. The molecular weight excluding hydrogens is 528 g/mol. The summed E-state index contributed by atoms with van der Waals surface area (Å²) < 4.78 is 7.55. The van der Waals surface area contributed by atoms with Crippen LogP contribution in [0.25, 0.3) is 11.2 Å². The number of aliphatic hydroxyl groups is 3. The fourth-order valence-electron chi connectivity index (χ4n) is 5.49. The van der Waals surface area contributed by atoms with Crippen molar-refractivity contribution in [1.82, 2.24) is 25.0 Å². The van der Waals surface area contributed by atoms with Crippen molar-refractivity contribution in [3.05, 3.63) is 60.2 Å². The number of hydrogen-bond donors (Lipinski definition) is 4. The van der Waals surface area contributed by atoms with Gasteiger partial charge in [0.25, 0.3) is 0 Å². The second kappa shape index (κ2) is 11.7. The molecule has 6 atom stereocenters. The molecule has 2 saturated carbocycles. The zero-order valence-corrected chi connectivity index (χ0v) is 23.1. The van der Waals surface area contributed by atoms with Gasteiger partial charge in [-0.25, -0.2) is 14.6 Å². The van der Waals surface area contributed by atoms with Crippen LogP contribution in [0.3, 0.4) is 0 Å². The van der Waals surface area contributed by atoms with Crippen LogP contribution in [0.15, 0.2) is 59.8 Å². The summed E-state index contributed by atoms with van der Waals surface area (Å²) in [5.74, 6) is 3.23. The van der Waals surface area contributed by atoms with E-state index in [0.29, 0.717) is 40.9 Å². The third kappa shape index (κ3) is 5.51. The van der Waals surface area contributed by atoms with Crippen molar-refractivity contribution in [2.45, 2.75) is 68.0 Å². The lowest BCUT2D eigenvalue weighted by atomic mass is 10.0. The molecule has 0 bridgehead atoms. The van der Waals surface area contributed by atoms with Crippen LogP contribution >= 0.6 is 11.8 Å². The molecule has 0 spiro atoms. The maximum absolute atomic E-state index is 10.8. The molecular formula is C29H34N6O4S. The molecule has 210 valence electrons. The number of thioether (sulfide) groups is 1. The first kappa shape index (κ1) is 26.9. The summed E-state index contributed by atoms with van der Waals surface area (Å²) in [6, 6.07) is 17.7. The summed E-state index contributed by atoms with van der Waals surface area (Å²) in [6.07, 6.45) is 0.912. The van der Waals surface area contributed by atoms with E-state index >= 15 is 0 Å². The zero-order chi connectivity index (χ0) is 27.6. The first-order valence-electron chi connectivity index (χ1n) is 13.9. The van der Waals surface area contributed by atoms with Gasteiger partial charge in [0.05, 0.1) is 12.1 Å². The smallest absolute Gasteiger partial charge is 0.191 e. The molecule has 2 fully saturated rings. The number of aliphatic hydroxyl groups excluding tert-OH is 3. The van der Waals surface area contributed by atoms with Crippen molar-refractivity contribution in [2.75, 3.05) is 17.7 Å². The van der Waals surface area contributed by atoms with Gasteiger partial charge in [-0.15, -0.1) is 5.10 Å². The molecule has 2 aromatic heterocycles. The minimum absolute atomic E-state index is 0.0430. The monoisotopic (exact) mass is 562 g/mol. The summed E-state index contributed by atoms with van der Waals surface area (Å²) in [4.78, 5) is 9.54. The van der Waals surface area contributed by atoms with Gasteiger partial charge in [0.15, 0.2) is 22.1 Å². The molecule has 6 rings (SSSR count). The Balaban J connectivity index is 1.21. The predicted molar refractivity (Wildman–Crippen MR) is 153 cm³/mol. The maximum atomic E-state index is 10.8. The predicted octanol–water partition coefficient (Wildman–Crippen LogP) is 4.15. The van der Waals surface area contributed by atoms with Crippen LogP contribution in [0.2, 0.25) is 0 Å². The van der Waals surface area contributed by atoms with E-state index in [-0.39, 0.29) is 18.6 Å². The summed E-state index contributed by atoms with van der Waals surface area (Å²) >= 11 is 1.57. The van der Waals surface area contributed by atoms with Crippen LogP contribution in [-0.2, 0) is 0 Å². The molecule has 0 aliphatic heterocycles. The second-order valence-electron chi connectivity index (χ2n) is 10.5. The number of anilines is 1. The van der Waals surface area contributed by atoms with Crippen molar-refractivity contribution < 1.29 is 20.1 Å². The first-order chi connectivity index (χ1) is 19.6. The topological polar surface area (TPSA) is 138 Å². The fraction of sp³-hybridized carbons (Fsp3) is 0.448. The van der Waals surface area contributed by atoms with Crippen molar-refractivity contribution in [2.24, 2.45) is 5.92 Å². The van der Waals surface area contributed by atoms with Crippen LogP contribution in [0.4, 0.5) is 5.82 Å². The molecule has 0 radical (unpaired) electrons. The Morgan fingerprint density at radius 1 is 1.00 bits per heavy atom. The molecule has 0 saturated heterocycles. The molecule has 2 heterocycles. The minimum atomic E-state index is -1.01. The van der Waals surface area contributed by atoms with Crippen LogP contribution in [-0.4, -0.2) is 70.9 Å². The van der Waals surface area contributed by atoms with E-state index in [9.17, 15) is 15.3 Å². The van der Waals surface area contributed by atoms with Gasteiger partial charge in [0, 0.05) is 24.3 Å². The summed E-state index contributed by atoms with van der Waals surface area (Å²) in [5, 5.41) is 43.7. The molecule has 2 aromatic carbocycles. The van der Waals surface area contributed by atoms with E-state index in [0.717, 1.165) is 30.1 Å². The van der Waals surface area contributed by atoms with E-state index in [2.05, 4.69) is 34.7 Å². The highest BCUT2D eigenvalue weighted by Gasteiger charge is 2.44. The largest absolute Gasteiger partial charge is 0.457 e. The summed E-state index contributed by atoms with van der Waals surface area (Å²) in [7, 11) is 0. The molecule has 4 aromatic rings. The van der Waals surface area contributed by atoms with E-state index in [1.165, 1.54) is 5.56 Å². The van der Waals surface area contributed by atoms with Crippen molar-refractivity contribution in [1.29, 1.82) is 0 Å². The Hall–Kier alpha value is -3.25. The number of fused-ring (bicyclic) bond motifs is 1. The summed E-state index contributed by atoms with van der Waals surface area (Å²) in [5.41, 5.74) is 2.31. The number of benzene rings is 2. The normalized spacial score (nSPS) is 25.8. The molecule has 10 nitrogen and oxygen atoms in total. The Morgan fingerprint density at radius 2 is 1.77 bits per heavy atom. The van der Waals surface area contributed by atoms with Gasteiger partial charge in [-0.05, 0) is 61.4 Å². The maximum Gasteiger partial charge on any atom is 0.191 e. The highest BCUT2D eigenvalue weighted by Crippen LogP contribution is 2.44. The number of hydrogen-bond acceptors (Lipinski definition) is 10. The lowest BCUT2D eigenvalue weighted by Crippen LogP contribution is -2.30. The molecule has 2 aliphatic carbocycles. The number of nitrogens with zero attached hydrogens (tertiary/aromatic N) is 5. The average molecular weight is 563 g/mol. The van der Waals surface area contributed by atoms with E-state index in [4.69, 9.17) is 14.7 Å². The van der Waals surface area contributed by atoms with Crippen LogP contribution in [0, 0.1) is 5.92 Å². The zero-order valence-electron chi connectivity index (χ0n) is 22.3. The highest BCUT2D eigenvalue weighted by atomic mass is 32.2. The lowest BCUT2D eigenvalue weighted by Gasteiger charge is -2.17. The van der Waals surface area contributed by atoms with Gasteiger partial charge in [-0.3, -0.25) is 0 Å². The standard InChI is InChI=1S/C29H34N6O4S/c1-2-14-40-29-31-27(24-28(32-29)35(34-33-24)23-15-18(12-13-36)25(37)26(23)38)30-22-16-21(22)17-8-10-20(11-9-17)39-19-6-4-3-5-7-19/h3-11,18,21-23,25-26,36-38H,2,12-16H2,1H3,(H,30,31,32). The van der Waals surface area contributed by atoms with Gasteiger partial charge in [0.1, 0.15) is 17.6 Å². The van der Waals surface area contributed by atoms with Crippen molar-refractivity contribution in [3.63, 3.8) is 0 Å². The third-order valence-corrected chi connectivity index (χ3v) is 8.78. The van der Waals surface area contributed by atoms with Crippen molar-refractivity contribution >= 4 is 28.7 Å². The lowest BCUT2D eigenvalue weighted by molar-refractivity contribution is 0.00107. The van der Waals surface area contributed by atoms with Crippen molar-refractivity contribution in [3.8, 4) is 11.5 Å². The summed E-state index contributed by atoms with van der Waals surface area (Å²) in [6.45, 7) is 2.07. The Labute approximate surface area is 236 Å². The highest BCUT2D eigenvalue weighted by molar-refractivity contribution is 7.99. The number of para-hydroxylation sites is 1. The molecule has 40 heavy (non-hydrogen) atoms. The van der Waals surface area contributed by atoms with Gasteiger partial charge in [0.2, 0.25) is 0 Å². The number of rotatable bonds is 11. The number of nitrogens with one attached hydrogen (secondary N) is 1. The molecule has 4 N–H and O–H groups in total. The number of aromatic nitrogens is 5. The SMILES string of the molecule is CCCSc1nc(NC2CC2c2ccc(Oc3ccccc3)cc2)c2nnn(C3CC(CCO)C(O)C3O)c2n1.